The topological polar surface area (TPSA) is 154 Å². The molecule has 184 valence electrons. The number of hydrogen-bond acceptors (Lipinski definition) is 8. The van der Waals surface area contributed by atoms with E-state index in [9.17, 15) is 24.3 Å². The molecule has 12 heteroatoms. The highest BCUT2D eigenvalue weighted by Gasteiger charge is 2.53. The SMILES string of the molecule is COc1ccc2c(c1)C(=O)N(C[C@@]1(c3cc4nc(N5C[C@H](O)CC5=O)ccc4o3)NC(=O)NC1=O)C2. The Morgan fingerprint density at radius 1 is 1.19 bits per heavy atom. The second kappa shape index (κ2) is 7.78. The van der Waals surface area contributed by atoms with Crippen LogP contribution in [0.2, 0.25) is 0 Å². The quantitative estimate of drug-likeness (QED) is 0.439. The molecule has 3 N–H and O–H groups in total. The van der Waals surface area contributed by atoms with E-state index < -0.39 is 23.6 Å². The third-order valence-electron chi connectivity index (χ3n) is 6.73. The van der Waals surface area contributed by atoms with E-state index in [0.29, 0.717) is 28.2 Å². The zero-order valence-electron chi connectivity index (χ0n) is 19.1. The van der Waals surface area contributed by atoms with Crippen LogP contribution in [0.5, 0.6) is 5.75 Å². The number of fused-ring (bicyclic) bond motifs is 2. The van der Waals surface area contributed by atoms with E-state index in [2.05, 4.69) is 15.6 Å². The van der Waals surface area contributed by atoms with Crippen molar-refractivity contribution in [3.05, 3.63) is 53.3 Å². The summed E-state index contributed by atoms with van der Waals surface area (Å²) in [6, 6.07) is 9.16. The number of methoxy groups -OCH3 is 1. The molecule has 36 heavy (non-hydrogen) atoms. The molecule has 2 saturated heterocycles. The first-order chi connectivity index (χ1) is 17.3. The molecule has 3 aromatic rings. The summed E-state index contributed by atoms with van der Waals surface area (Å²) in [6.45, 7) is 0.196. The van der Waals surface area contributed by atoms with Crippen molar-refractivity contribution in [2.45, 2.75) is 24.6 Å². The van der Waals surface area contributed by atoms with E-state index in [1.165, 1.54) is 23.0 Å². The number of aromatic nitrogens is 1. The molecular weight excluding hydrogens is 470 g/mol. The number of carbonyl (C=O) groups excluding carboxylic acids is 4. The van der Waals surface area contributed by atoms with Gasteiger partial charge in [-0.3, -0.25) is 24.6 Å². The maximum atomic E-state index is 13.2. The molecule has 5 heterocycles. The molecule has 3 aliphatic heterocycles. The average molecular weight is 491 g/mol. The number of nitrogens with one attached hydrogen (secondary N) is 2. The third kappa shape index (κ3) is 3.29. The normalized spacial score (nSPS) is 23.4. The van der Waals surface area contributed by atoms with Crippen molar-refractivity contribution < 1.29 is 33.4 Å². The molecule has 3 aliphatic rings. The van der Waals surface area contributed by atoms with Crippen LogP contribution in [0.15, 0.2) is 40.8 Å². The van der Waals surface area contributed by atoms with Crippen LogP contribution in [0.25, 0.3) is 11.1 Å². The monoisotopic (exact) mass is 491 g/mol. The number of urea groups is 1. The van der Waals surface area contributed by atoms with E-state index in [4.69, 9.17) is 9.15 Å². The summed E-state index contributed by atoms with van der Waals surface area (Å²) in [4.78, 5) is 58.0. The summed E-state index contributed by atoms with van der Waals surface area (Å²) < 4.78 is 11.2. The molecule has 2 fully saturated rings. The lowest BCUT2D eigenvalue weighted by molar-refractivity contribution is -0.125. The minimum Gasteiger partial charge on any atom is -0.497 e. The maximum Gasteiger partial charge on any atom is 0.322 e. The summed E-state index contributed by atoms with van der Waals surface area (Å²) >= 11 is 0. The summed E-state index contributed by atoms with van der Waals surface area (Å²) in [7, 11) is 1.51. The minimum absolute atomic E-state index is 0.0177. The summed E-state index contributed by atoms with van der Waals surface area (Å²) in [5, 5.41) is 14.7. The van der Waals surface area contributed by atoms with E-state index in [-0.39, 0.29) is 43.6 Å². The number of β-amino-alcohol motifs (C(OH)–C–C–N with tert-alkyl or cyclic N) is 1. The van der Waals surface area contributed by atoms with Gasteiger partial charge in [0, 0.05) is 18.2 Å². The van der Waals surface area contributed by atoms with E-state index >= 15 is 0 Å². The zero-order chi connectivity index (χ0) is 25.2. The van der Waals surface area contributed by atoms with Gasteiger partial charge in [-0.15, -0.1) is 0 Å². The van der Waals surface area contributed by atoms with Gasteiger partial charge in [0.25, 0.3) is 11.8 Å². The van der Waals surface area contributed by atoms with Gasteiger partial charge >= 0.3 is 6.03 Å². The molecule has 2 aromatic heterocycles. The second-order valence-corrected chi connectivity index (χ2v) is 9.02. The number of hydrogen-bond donors (Lipinski definition) is 3. The van der Waals surface area contributed by atoms with Gasteiger partial charge in [-0.05, 0) is 29.8 Å². The van der Waals surface area contributed by atoms with Gasteiger partial charge in [0.15, 0.2) is 11.1 Å². The fourth-order valence-electron chi connectivity index (χ4n) is 4.92. The number of aliphatic hydroxyl groups excluding tert-OH is 1. The van der Waals surface area contributed by atoms with Crippen molar-refractivity contribution in [2.24, 2.45) is 0 Å². The van der Waals surface area contributed by atoms with Crippen LogP contribution in [-0.2, 0) is 21.7 Å². The number of pyridine rings is 1. The van der Waals surface area contributed by atoms with E-state index in [1.807, 2.05) is 0 Å². The predicted molar refractivity (Wildman–Crippen MR) is 123 cm³/mol. The van der Waals surface area contributed by atoms with Gasteiger partial charge in [0.05, 0.1) is 32.7 Å². The van der Waals surface area contributed by atoms with Gasteiger partial charge in [-0.1, -0.05) is 6.07 Å². The van der Waals surface area contributed by atoms with Crippen LogP contribution in [0, 0.1) is 0 Å². The Morgan fingerprint density at radius 3 is 2.72 bits per heavy atom. The lowest BCUT2D eigenvalue weighted by Gasteiger charge is -2.28. The van der Waals surface area contributed by atoms with Gasteiger partial charge in [-0.25, -0.2) is 9.78 Å². The Bertz CT molecular complexity index is 1470. The number of nitrogens with zero attached hydrogens (tertiary/aromatic N) is 3. The number of anilines is 1. The molecule has 12 nitrogen and oxygen atoms in total. The van der Waals surface area contributed by atoms with E-state index in [0.717, 1.165) is 5.56 Å². The maximum absolute atomic E-state index is 13.2. The Morgan fingerprint density at radius 2 is 2.03 bits per heavy atom. The Balaban J connectivity index is 1.36. The number of furan rings is 1. The second-order valence-electron chi connectivity index (χ2n) is 9.02. The van der Waals surface area contributed by atoms with Crippen molar-refractivity contribution in [1.82, 2.24) is 20.5 Å². The van der Waals surface area contributed by atoms with Crippen LogP contribution in [-0.4, -0.2) is 65.0 Å². The first-order valence-electron chi connectivity index (χ1n) is 11.3. The molecule has 6 rings (SSSR count). The number of rotatable bonds is 5. The lowest BCUT2D eigenvalue weighted by atomic mass is 9.95. The molecule has 0 unspecified atom stereocenters. The zero-order valence-corrected chi connectivity index (χ0v) is 19.1. The molecule has 0 radical (unpaired) electrons. The fraction of sp³-hybridized carbons (Fsp3) is 0.292. The van der Waals surface area contributed by atoms with Crippen molar-refractivity contribution in [3.63, 3.8) is 0 Å². The first kappa shape index (κ1) is 22.0. The van der Waals surface area contributed by atoms with Crippen LogP contribution >= 0.6 is 0 Å². The molecule has 0 spiro atoms. The molecule has 0 aliphatic carbocycles. The van der Waals surface area contributed by atoms with Gasteiger partial charge in [0.2, 0.25) is 5.91 Å². The highest BCUT2D eigenvalue weighted by Crippen LogP contribution is 2.35. The van der Waals surface area contributed by atoms with Gasteiger partial charge in [0.1, 0.15) is 22.8 Å². The minimum atomic E-state index is -1.68. The van der Waals surface area contributed by atoms with Crippen LogP contribution in [0.4, 0.5) is 10.6 Å². The van der Waals surface area contributed by atoms with Crippen molar-refractivity contribution in [3.8, 4) is 5.75 Å². The Hall–Kier alpha value is -4.45. The smallest absolute Gasteiger partial charge is 0.322 e. The molecule has 1 aromatic carbocycles. The molecule has 0 saturated carbocycles. The van der Waals surface area contributed by atoms with Crippen molar-refractivity contribution >= 4 is 40.7 Å². The number of aliphatic hydroxyl groups is 1. The molecule has 2 atom stereocenters. The largest absolute Gasteiger partial charge is 0.497 e. The first-order valence-corrected chi connectivity index (χ1v) is 11.3. The van der Waals surface area contributed by atoms with Gasteiger partial charge in [-0.2, -0.15) is 0 Å². The third-order valence-corrected chi connectivity index (χ3v) is 6.73. The average Bonchev–Trinajstić information content (AvgIpc) is 3.58. The summed E-state index contributed by atoms with van der Waals surface area (Å²) in [5.41, 5.74) is 0.233. The number of amides is 5. The Kier molecular flexibility index (Phi) is 4.76. The van der Waals surface area contributed by atoms with Crippen molar-refractivity contribution in [1.29, 1.82) is 0 Å². The summed E-state index contributed by atoms with van der Waals surface area (Å²) in [5.74, 6) is -0.246. The number of benzene rings is 1. The highest BCUT2D eigenvalue weighted by atomic mass is 16.5. The molecule has 5 amide bonds. The van der Waals surface area contributed by atoms with Gasteiger partial charge < -0.3 is 24.5 Å². The number of carbonyl (C=O) groups is 4. The Labute approximate surface area is 203 Å². The van der Waals surface area contributed by atoms with Crippen LogP contribution < -0.4 is 20.3 Å². The number of imide groups is 1. The van der Waals surface area contributed by atoms with Crippen LogP contribution in [0.3, 0.4) is 0 Å². The highest BCUT2D eigenvalue weighted by molar-refractivity contribution is 6.08. The summed E-state index contributed by atoms with van der Waals surface area (Å²) in [6.07, 6.45) is -0.748. The molecular formula is C24H21N5O7. The van der Waals surface area contributed by atoms with E-state index in [1.54, 1.807) is 30.3 Å². The van der Waals surface area contributed by atoms with Crippen molar-refractivity contribution in [2.75, 3.05) is 25.1 Å². The number of ether oxygens (including phenoxy) is 1. The fourth-order valence-corrected chi connectivity index (χ4v) is 4.92. The lowest BCUT2D eigenvalue weighted by Crippen LogP contribution is -2.52. The predicted octanol–water partition coefficient (Wildman–Crippen LogP) is 0.625. The van der Waals surface area contributed by atoms with Crippen LogP contribution in [0.1, 0.15) is 28.1 Å². The molecule has 0 bridgehead atoms. The standard InChI is InChI=1S/C24H21N5O7/c1-35-14-3-2-12-9-28(21(32)15(12)7-14)11-24(22(33)26-23(34)27-24)18-8-16-17(36-18)4-5-19(25-16)29-10-13(30)6-20(29)31/h2-5,7-8,13,30H,6,9-11H2,1H3,(H2,26,27,33,34)/t13-,24+/m1/s1.